The van der Waals surface area contributed by atoms with Gasteiger partial charge in [-0.25, -0.2) is 4.98 Å². The second kappa shape index (κ2) is 12.0. The Kier molecular flexibility index (Phi) is 8.77. The summed E-state index contributed by atoms with van der Waals surface area (Å²) in [6.45, 7) is 0. The van der Waals surface area contributed by atoms with Crippen LogP contribution in [0.5, 0.6) is 11.5 Å². The number of nitrogens with one attached hydrogen (secondary N) is 1. The average molecular weight is 547 g/mol. The molecule has 0 aliphatic carbocycles. The van der Waals surface area contributed by atoms with E-state index < -0.39 is 0 Å². The van der Waals surface area contributed by atoms with Crippen LogP contribution in [0.2, 0.25) is 5.02 Å². The van der Waals surface area contributed by atoms with E-state index in [0.717, 1.165) is 21.8 Å². The van der Waals surface area contributed by atoms with Crippen molar-refractivity contribution in [1.82, 2.24) is 4.98 Å². The number of ether oxygens (including phenoxy) is 3. The van der Waals surface area contributed by atoms with Crippen molar-refractivity contribution in [3.8, 4) is 11.5 Å². The van der Waals surface area contributed by atoms with Gasteiger partial charge in [-0.1, -0.05) is 36.0 Å². The van der Waals surface area contributed by atoms with Crippen LogP contribution in [-0.4, -0.2) is 42.5 Å². The Morgan fingerprint density at radius 3 is 2.75 bits per heavy atom. The molecule has 7 nitrogen and oxygen atoms in total. The van der Waals surface area contributed by atoms with Crippen LogP contribution in [-0.2, 0) is 22.4 Å². The van der Waals surface area contributed by atoms with Gasteiger partial charge in [0.1, 0.15) is 5.76 Å². The van der Waals surface area contributed by atoms with Crippen LogP contribution in [0.15, 0.2) is 47.0 Å². The highest BCUT2D eigenvalue weighted by molar-refractivity contribution is 8.02. The van der Waals surface area contributed by atoms with Gasteiger partial charge < -0.3 is 23.9 Å². The fourth-order valence-corrected chi connectivity index (χ4v) is 6.11. The normalized spacial score (nSPS) is 17.1. The zero-order valence-corrected chi connectivity index (χ0v) is 22.6. The number of nitrogens with zero attached hydrogens (tertiary/aromatic N) is 1. The second-order valence-corrected chi connectivity index (χ2v) is 10.3. The first-order valence-electron chi connectivity index (χ1n) is 11.4. The first-order valence-corrected chi connectivity index (χ1v) is 13.1. The van der Waals surface area contributed by atoms with Crippen molar-refractivity contribution >= 4 is 52.2 Å². The summed E-state index contributed by atoms with van der Waals surface area (Å²) < 4.78 is 21.9. The number of esters is 1. The lowest BCUT2D eigenvalue weighted by Crippen LogP contribution is -2.22. The van der Waals surface area contributed by atoms with Crippen LogP contribution >= 0.6 is 35.6 Å². The van der Waals surface area contributed by atoms with Gasteiger partial charge in [0.05, 0.1) is 49.4 Å². The number of fused-ring (bicyclic) bond motifs is 1. The fraction of sp³-hybridized carbons (Fsp3) is 0.346. The highest BCUT2D eigenvalue weighted by Gasteiger charge is 2.32. The number of benzene rings is 2. The third kappa shape index (κ3) is 5.96. The molecule has 0 spiro atoms. The molecule has 0 saturated heterocycles. The number of thioether (sulfide) groups is 1. The summed E-state index contributed by atoms with van der Waals surface area (Å²) in [6.07, 6.45) is 3.67. The Balaban J connectivity index is 1.59. The second-order valence-electron chi connectivity index (χ2n) is 8.14. The average Bonchev–Trinajstić information content (AvgIpc) is 3.30. The molecular formula is C26H27ClN2O5S2. The molecule has 4 rings (SSSR count). The first kappa shape index (κ1) is 26.3. The van der Waals surface area contributed by atoms with Gasteiger partial charge in [0.2, 0.25) is 0 Å². The van der Waals surface area contributed by atoms with E-state index in [-0.39, 0.29) is 22.9 Å². The van der Waals surface area contributed by atoms with Gasteiger partial charge in [-0.3, -0.25) is 4.79 Å². The van der Waals surface area contributed by atoms with Crippen molar-refractivity contribution in [2.75, 3.05) is 26.6 Å². The number of carbonyl (C=O) groups is 1. The topological polar surface area (TPSA) is 82.8 Å². The van der Waals surface area contributed by atoms with Gasteiger partial charge in [-0.2, -0.15) is 0 Å². The number of hydrogen-bond acceptors (Lipinski definition) is 8. The Hall–Kier alpha value is -2.75. The minimum absolute atomic E-state index is 0.0301. The maximum absolute atomic E-state index is 11.4. The summed E-state index contributed by atoms with van der Waals surface area (Å²) in [6, 6.07) is 11.6. The van der Waals surface area contributed by atoms with Gasteiger partial charge in [0.25, 0.3) is 0 Å². The lowest BCUT2D eigenvalue weighted by atomic mass is 10.0. The minimum atomic E-state index is -0.280. The molecule has 0 fully saturated rings. The number of thiocarbonyl (C=S) groups is 1. The highest BCUT2D eigenvalue weighted by Crippen LogP contribution is 2.50. The summed E-state index contributed by atoms with van der Waals surface area (Å²) >= 11 is 14.0. The molecule has 0 bridgehead atoms. The zero-order valence-electron chi connectivity index (χ0n) is 20.2. The summed E-state index contributed by atoms with van der Waals surface area (Å²) in [4.78, 5) is 16.5. The minimum Gasteiger partial charge on any atom is -0.493 e. The molecule has 1 N–H and O–H groups in total. The molecule has 190 valence electrons. The summed E-state index contributed by atoms with van der Waals surface area (Å²) in [5.74, 6) is 2.33. The Bertz CT molecular complexity index is 1250. The third-order valence-electron chi connectivity index (χ3n) is 5.89. The number of rotatable bonds is 9. The van der Waals surface area contributed by atoms with Gasteiger partial charge in [0.15, 0.2) is 17.4 Å². The zero-order chi connectivity index (χ0) is 25.7. The first-order chi connectivity index (χ1) is 17.4. The number of hydrogen-bond donors (Lipinski definition) is 1. The monoisotopic (exact) mass is 546 g/mol. The lowest BCUT2D eigenvalue weighted by molar-refractivity contribution is -0.140. The molecule has 0 amide bonds. The van der Waals surface area contributed by atoms with E-state index in [2.05, 4.69) is 10.3 Å². The van der Waals surface area contributed by atoms with Crippen LogP contribution in [0.25, 0.3) is 0 Å². The summed E-state index contributed by atoms with van der Waals surface area (Å²) in [5, 5.41) is 3.93. The molecule has 36 heavy (non-hydrogen) atoms. The maximum Gasteiger partial charge on any atom is 0.305 e. The Morgan fingerprint density at radius 1 is 1.17 bits per heavy atom. The predicted octanol–water partition coefficient (Wildman–Crippen LogP) is 6.03. The molecule has 0 unspecified atom stereocenters. The van der Waals surface area contributed by atoms with E-state index >= 15 is 0 Å². The molecule has 1 aliphatic heterocycles. The van der Waals surface area contributed by atoms with E-state index in [1.54, 1.807) is 32.2 Å². The number of oxazole rings is 1. The molecular weight excluding hydrogens is 520 g/mol. The summed E-state index contributed by atoms with van der Waals surface area (Å²) in [5.41, 5.74) is 2.91. The van der Waals surface area contributed by atoms with E-state index in [4.69, 9.17) is 42.4 Å². The molecule has 2 heterocycles. The fourth-order valence-electron chi connectivity index (χ4n) is 4.10. The van der Waals surface area contributed by atoms with Crippen LogP contribution < -0.4 is 14.8 Å². The molecule has 0 saturated carbocycles. The molecule has 2 atom stereocenters. The van der Waals surface area contributed by atoms with E-state index in [1.165, 1.54) is 7.11 Å². The van der Waals surface area contributed by atoms with Crippen molar-refractivity contribution < 1.29 is 23.4 Å². The van der Waals surface area contributed by atoms with E-state index in [0.29, 0.717) is 47.4 Å². The van der Waals surface area contributed by atoms with Gasteiger partial charge in [-0.15, -0.1) is 11.8 Å². The third-order valence-corrected chi connectivity index (χ3v) is 8.24. The number of anilines is 1. The molecule has 10 heteroatoms. The van der Waals surface area contributed by atoms with Crippen molar-refractivity contribution in [2.45, 2.75) is 36.2 Å². The number of aromatic nitrogens is 1. The van der Waals surface area contributed by atoms with Crippen molar-refractivity contribution in [3.63, 3.8) is 0 Å². The van der Waals surface area contributed by atoms with Crippen LogP contribution in [0.1, 0.15) is 40.9 Å². The van der Waals surface area contributed by atoms with Crippen molar-refractivity contribution in [2.24, 2.45) is 0 Å². The summed E-state index contributed by atoms with van der Waals surface area (Å²) in [7, 11) is 4.64. The predicted molar refractivity (Wildman–Crippen MR) is 146 cm³/mol. The number of halogens is 1. The maximum atomic E-state index is 11.4. The van der Waals surface area contributed by atoms with E-state index in [1.807, 2.05) is 36.4 Å². The van der Waals surface area contributed by atoms with Gasteiger partial charge >= 0.3 is 5.97 Å². The van der Waals surface area contributed by atoms with Gasteiger partial charge in [0, 0.05) is 29.1 Å². The Morgan fingerprint density at radius 2 is 2.00 bits per heavy atom. The van der Waals surface area contributed by atoms with Crippen molar-refractivity contribution in [3.05, 3.63) is 70.4 Å². The van der Waals surface area contributed by atoms with Crippen LogP contribution in [0.4, 0.5) is 5.69 Å². The number of aryl methyl sites for hydroxylation is 2. The quantitative estimate of drug-likeness (QED) is 0.255. The van der Waals surface area contributed by atoms with Gasteiger partial charge in [-0.05, 0) is 36.2 Å². The van der Waals surface area contributed by atoms with Crippen LogP contribution in [0, 0.1) is 0 Å². The number of methoxy groups -OCH3 is 3. The lowest BCUT2D eigenvalue weighted by Gasteiger charge is -2.23. The molecule has 1 aromatic heterocycles. The van der Waals surface area contributed by atoms with Crippen LogP contribution in [0.3, 0.4) is 0 Å². The molecule has 2 aromatic carbocycles. The molecule has 0 radical (unpaired) electrons. The largest absolute Gasteiger partial charge is 0.493 e. The molecule has 1 aliphatic rings. The number of para-hydroxylation sites is 1. The highest BCUT2D eigenvalue weighted by atomic mass is 35.5. The standard InChI is InChI=1S/C26H27ClN2O5S2/c1-31-20-6-4-5-17(24(20)33-3)25-18-13-15(27)7-9-19(18)29-26(35)21(36-25)10-11-22-28-14-16(34-22)8-12-23(30)32-2/h4-7,9,13-14,21,25H,8,10-12H2,1-3H3,(H,29,35)/t21-,25-/m1/s1. The van der Waals surface area contributed by atoms with Crippen molar-refractivity contribution in [1.29, 1.82) is 0 Å². The molecule has 3 aromatic rings. The smallest absolute Gasteiger partial charge is 0.305 e. The van der Waals surface area contributed by atoms with E-state index in [9.17, 15) is 4.79 Å². The Labute approximate surface area is 224 Å². The SMILES string of the molecule is COC(=O)CCc1cnc(CC[C@H]2S[C@H](c3cccc(OC)c3OC)c3cc(Cl)ccc3NC2=S)o1. The number of carbonyl (C=O) groups excluding carboxylic acids is 1.